The molecule has 0 aliphatic rings. The van der Waals surface area contributed by atoms with Gasteiger partial charge in [-0.25, -0.2) is 4.39 Å². The van der Waals surface area contributed by atoms with E-state index < -0.39 is 0 Å². The molecule has 0 spiro atoms. The van der Waals surface area contributed by atoms with Crippen molar-refractivity contribution in [2.24, 2.45) is 0 Å². The maximum absolute atomic E-state index is 13.3. The summed E-state index contributed by atoms with van der Waals surface area (Å²) in [6, 6.07) is 12.9. The van der Waals surface area contributed by atoms with Crippen LogP contribution in [0.2, 0.25) is 0 Å². The van der Waals surface area contributed by atoms with Crippen LogP contribution in [0.25, 0.3) is 0 Å². The Bertz CT molecular complexity index is 563. The molecule has 0 aliphatic heterocycles. The third-order valence-electron chi connectivity index (χ3n) is 3.51. The van der Waals surface area contributed by atoms with Gasteiger partial charge in [-0.2, -0.15) is 0 Å². The molecule has 2 rings (SSSR count). The maximum atomic E-state index is 13.3. The Balaban J connectivity index is 2.26. The van der Waals surface area contributed by atoms with Crippen LogP contribution in [0.1, 0.15) is 28.2 Å². The molecule has 19 heavy (non-hydrogen) atoms. The van der Waals surface area contributed by atoms with Crippen LogP contribution >= 0.6 is 0 Å². The first-order chi connectivity index (χ1) is 9.10. The SMILES string of the molecule is Cc1cccc(C(CO)Cc2cc(F)ccc2C)c1. The second-order valence-corrected chi connectivity index (χ2v) is 5.07. The molecule has 0 heterocycles. The lowest BCUT2D eigenvalue weighted by Gasteiger charge is -2.17. The van der Waals surface area contributed by atoms with Gasteiger partial charge in [0.05, 0.1) is 6.61 Å². The molecule has 0 fully saturated rings. The fourth-order valence-corrected chi connectivity index (χ4v) is 2.34. The highest BCUT2D eigenvalue weighted by atomic mass is 19.1. The fourth-order valence-electron chi connectivity index (χ4n) is 2.34. The van der Waals surface area contributed by atoms with Crippen molar-refractivity contribution in [1.82, 2.24) is 0 Å². The highest BCUT2D eigenvalue weighted by molar-refractivity contribution is 5.31. The molecule has 1 N–H and O–H groups in total. The van der Waals surface area contributed by atoms with Crippen molar-refractivity contribution < 1.29 is 9.50 Å². The lowest BCUT2D eigenvalue weighted by molar-refractivity contribution is 0.264. The Morgan fingerprint density at radius 3 is 2.58 bits per heavy atom. The molecular weight excluding hydrogens is 239 g/mol. The van der Waals surface area contributed by atoms with Crippen LogP contribution in [0.15, 0.2) is 42.5 Å². The quantitative estimate of drug-likeness (QED) is 0.885. The van der Waals surface area contributed by atoms with Gasteiger partial charge in [0.25, 0.3) is 0 Å². The van der Waals surface area contributed by atoms with Crippen molar-refractivity contribution in [3.63, 3.8) is 0 Å². The third kappa shape index (κ3) is 3.42. The van der Waals surface area contributed by atoms with E-state index >= 15 is 0 Å². The Kier molecular flexibility index (Phi) is 4.33. The number of hydrogen-bond donors (Lipinski definition) is 1. The third-order valence-corrected chi connectivity index (χ3v) is 3.51. The van der Waals surface area contributed by atoms with E-state index in [4.69, 9.17) is 0 Å². The second-order valence-electron chi connectivity index (χ2n) is 5.07. The van der Waals surface area contributed by atoms with E-state index in [0.29, 0.717) is 6.42 Å². The lowest BCUT2D eigenvalue weighted by Crippen LogP contribution is -2.09. The summed E-state index contributed by atoms with van der Waals surface area (Å²) in [6.45, 7) is 4.07. The van der Waals surface area contributed by atoms with E-state index in [9.17, 15) is 9.50 Å². The van der Waals surface area contributed by atoms with Gasteiger partial charge in [0.1, 0.15) is 5.82 Å². The van der Waals surface area contributed by atoms with Gasteiger partial charge in [-0.3, -0.25) is 0 Å². The Hall–Kier alpha value is -1.67. The fraction of sp³-hybridized carbons (Fsp3) is 0.294. The summed E-state index contributed by atoms with van der Waals surface area (Å²) in [5.41, 5.74) is 4.30. The van der Waals surface area contributed by atoms with Crippen LogP contribution in [0.4, 0.5) is 4.39 Å². The number of aryl methyl sites for hydroxylation is 2. The monoisotopic (exact) mass is 258 g/mol. The summed E-state index contributed by atoms with van der Waals surface area (Å²) < 4.78 is 13.3. The van der Waals surface area contributed by atoms with Gasteiger partial charge < -0.3 is 5.11 Å². The number of aliphatic hydroxyl groups excluding tert-OH is 1. The number of hydrogen-bond acceptors (Lipinski definition) is 1. The van der Waals surface area contributed by atoms with Crippen LogP contribution in [0.5, 0.6) is 0 Å². The van der Waals surface area contributed by atoms with E-state index in [1.54, 1.807) is 12.1 Å². The Morgan fingerprint density at radius 1 is 1.11 bits per heavy atom. The van der Waals surface area contributed by atoms with Gasteiger partial charge in [0, 0.05) is 5.92 Å². The first kappa shape index (κ1) is 13.8. The van der Waals surface area contributed by atoms with Crippen LogP contribution in [-0.2, 0) is 6.42 Å². The summed E-state index contributed by atoms with van der Waals surface area (Å²) in [5, 5.41) is 9.60. The molecule has 1 atom stereocenters. The van der Waals surface area contributed by atoms with Crippen LogP contribution in [0.3, 0.4) is 0 Å². The van der Waals surface area contributed by atoms with Gasteiger partial charge in [0.15, 0.2) is 0 Å². The van der Waals surface area contributed by atoms with Gasteiger partial charge >= 0.3 is 0 Å². The zero-order valence-electron chi connectivity index (χ0n) is 11.4. The Labute approximate surface area is 113 Å². The van der Waals surface area contributed by atoms with Gasteiger partial charge in [0.2, 0.25) is 0 Å². The van der Waals surface area contributed by atoms with Crippen molar-refractivity contribution in [3.05, 3.63) is 70.5 Å². The molecular formula is C17H19FO. The average molecular weight is 258 g/mol. The smallest absolute Gasteiger partial charge is 0.123 e. The van der Waals surface area contributed by atoms with Crippen molar-refractivity contribution >= 4 is 0 Å². The molecule has 0 saturated heterocycles. The predicted octanol–water partition coefficient (Wildman–Crippen LogP) is 3.76. The van der Waals surface area contributed by atoms with Crippen molar-refractivity contribution in [3.8, 4) is 0 Å². The number of aliphatic hydroxyl groups is 1. The molecule has 0 amide bonds. The molecule has 0 aliphatic carbocycles. The summed E-state index contributed by atoms with van der Waals surface area (Å²) in [6.07, 6.45) is 0.656. The molecule has 0 radical (unpaired) electrons. The van der Waals surface area contributed by atoms with Gasteiger partial charge in [-0.15, -0.1) is 0 Å². The molecule has 0 aromatic heterocycles. The molecule has 2 heteroatoms. The molecule has 2 aromatic carbocycles. The molecule has 100 valence electrons. The van der Waals surface area contributed by atoms with E-state index in [1.807, 2.05) is 32.0 Å². The minimum absolute atomic E-state index is 0.0143. The summed E-state index contributed by atoms with van der Waals surface area (Å²) >= 11 is 0. The van der Waals surface area contributed by atoms with Crippen molar-refractivity contribution in [2.75, 3.05) is 6.61 Å². The standard InChI is InChI=1S/C17H19FO/c1-12-4-3-5-14(8-12)16(11-19)9-15-10-17(18)7-6-13(15)2/h3-8,10,16,19H,9,11H2,1-2H3. The number of rotatable bonds is 4. The predicted molar refractivity (Wildman–Crippen MR) is 75.8 cm³/mol. The zero-order valence-corrected chi connectivity index (χ0v) is 11.4. The maximum Gasteiger partial charge on any atom is 0.123 e. The van der Waals surface area contributed by atoms with E-state index in [-0.39, 0.29) is 18.3 Å². The normalized spacial score (nSPS) is 12.4. The molecule has 2 aromatic rings. The highest BCUT2D eigenvalue weighted by Gasteiger charge is 2.13. The topological polar surface area (TPSA) is 20.2 Å². The van der Waals surface area contributed by atoms with Crippen molar-refractivity contribution in [1.29, 1.82) is 0 Å². The summed E-state index contributed by atoms with van der Waals surface area (Å²) in [4.78, 5) is 0. The largest absolute Gasteiger partial charge is 0.396 e. The lowest BCUT2D eigenvalue weighted by atomic mass is 9.90. The van der Waals surface area contributed by atoms with Gasteiger partial charge in [-0.05, 0) is 49.1 Å². The molecule has 1 unspecified atom stereocenters. The summed E-state index contributed by atoms with van der Waals surface area (Å²) in [5.74, 6) is -0.207. The molecule has 1 nitrogen and oxygen atoms in total. The minimum Gasteiger partial charge on any atom is -0.396 e. The van der Waals surface area contributed by atoms with Crippen molar-refractivity contribution in [2.45, 2.75) is 26.2 Å². The zero-order chi connectivity index (χ0) is 13.8. The first-order valence-electron chi connectivity index (χ1n) is 6.52. The number of halogens is 1. The Morgan fingerprint density at radius 2 is 1.89 bits per heavy atom. The van der Waals surface area contributed by atoms with Crippen LogP contribution in [-0.4, -0.2) is 11.7 Å². The second kappa shape index (κ2) is 5.98. The molecule has 0 saturated carbocycles. The number of benzene rings is 2. The first-order valence-corrected chi connectivity index (χ1v) is 6.52. The summed E-state index contributed by atoms with van der Waals surface area (Å²) in [7, 11) is 0. The van der Waals surface area contributed by atoms with Gasteiger partial charge in [-0.1, -0.05) is 35.9 Å². The van der Waals surface area contributed by atoms with Crippen LogP contribution in [0, 0.1) is 19.7 Å². The van der Waals surface area contributed by atoms with E-state index in [0.717, 1.165) is 16.7 Å². The average Bonchev–Trinajstić information content (AvgIpc) is 2.39. The minimum atomic E-state index is -0.221. The van der Waals surface area contributed by atoms with E-state index in [1.165, 1.54) is 11.6 Å². The van der Waals surface area contributed by atoms with Crippen LogP contribution < -0.4 is 0 Å². The highest BCUT2D eigenvalue weighted by Crippen LogP contribution is 2.23. The van der Waals surface area contributed by atoms with E-state index in [2.05, 4.69) is 6.07 Å². The molecule has 0 bridgehead atoms.